The van der Waals surface area contributed by atoms with E-state index in [-0.39, 0.29) is 5.91 Å². The second kappa shape index (κ2) is 6.65. The molecule has 1 aromatic carbocycles. The molecule has 0 aliphatic heterocycles. The summed E-state index contributed by atoms with van der Waals surface area (Å²) in [7, 11) is 3.38. The Kier molecular flexibility index (Phi) is 4.65. The second-order valence-corrected chi connectivity index (χ2v) is 4.67. The van der Waals surface area contributed by atoms with E-state index in [0.717, 1.165) is 13.0 Å². The first-order valence-corrected chi connectivity index (χ1v) is 6.50. The third kappa shape index (κ3) is 3.78. The highest BCUT2D eigenvalue weighted by Crippen LogP contribution is 2.05. The van der Waals surface area contributed by atoms with Crippen molar-refractivity contribution >= 4 is 11.7 Å². The van der Waals surface area contributed by atoms with Gasteiger partial charge in [0.25, 0.3) is 5.91 Å². The molecule has 20 heavy (non-hydrogen) atoms. The Morgan fingerprint density at radius 2 is 1.85 bits per heavy atom. The number of nitrogens with zero attached hydrogens (tertiary/aromatic N) is 3. The Labute approximate surface area is 118 Å². The van der Waals surface area contributed by atoms with Crippen LogP contribution < -0.4 is 5.32 Å². The van der Waals surface area contributed by atoms with Gasteiger partial charge < -0.3 is 10.2 Å². The standard InChI is InChI=1S/C15H18N4O/c1-19(2)15(20)13-8-9-14(18-17-13)16-11-10-12-6-4-3-5-7-12/h3-9H,10-11H2,1-2H3,(H,16,18). The largest absolute Gasteiger partial charge is 0.368 e. The number of aromatic nitrogens is 2. The highest BCUT2D eigenvalue weighted by molar-refractivity contribution is 5.91. The van der Waals surface area contributed by atoms with Crippen LogP contribution in [0, 0.1) is 0 Å². The summed E-state index contributed by atoms with van der Waals surface area (Å²) in [5, 5.41) is 11.1. The fourth-order valence-corrected chi connectivity index (χ4v) is 1.75. The molecule has 0 atom stereocenters. The number of benzene rings is 1. The molecular formula is C15H18N4O. The van der Waals surface area contributed by atoms with Crippen LogP contribution in [0.2, 0.25) is 0 Å². The molecule has 0 spiro atoms. The van der Waals surface area contributed by atoms with E-state index in [4.69, 9.17) is 0 Å². The van der Waals surface area contributed by atoms with Crippen LogP contribution in [0.1, 0.15) is 16.1 Å². The summed E-state index contributed by atoms with van der Waals surface area (Å²) in [5.41, 5.74) is 1.62. The van der Waals surface area contributed by atoms with Gasteiger partial charge in [0, 0.05) is 20.6 Å². The molecule has 0 aliphatic carbocycles. The SMILES string of the molecule is CN(C)C(=O)c1ccc(NCCc2ccccc2)nn1. The first kappa shape index (κ1) is 14.0. The van der Waals surface area contributed by atoms with Gasteiger partial charge in [0.15, 0.2) is 5.69 Å². The van der Waals surface area contributed by atoms with E-state index in [1.807, 2.05) is 18.2 Å². The van der Waals surface area contributed by atoms with Crippen LogP contribution in [-0.4, -0.2) is 41.6 Å². The van der Waals surface area contributed by atoms with Crippen molar-refractivity contribution in [1.82, 2.24) is 15.1 Å². The van der Waals surface area contributed by atoms with Gasteiger partial charge in [-0.15, -0.1) is 10.2 Å². The molecule has 0 fully saturated rings. The second-order valence-electron chi connectivity index (χ2n) is 4.67. The fourth-order valence-electron chi connectivity index (χ4n) is 1.75. The summed E-state index contributed by atoms with van der Waals surface area (Å²) < 4.78 is 0. The molecule has 1 heterocycles. The molecule has 104 valence electrons. The Balaban J connectivity index is 1.87. The van der Waals surface area contributed by atoms with Crippen LogP contribution in [0.3, 0.4) is 0 Å². The average molecular weight is 270 g/mol. The van der Waals surface area contributed by atoms with Crippen molar-refractivity contribution in [1.29, 1.82) is 0 Å². The van der Waals surface area contributed by atoms with Gasteiger partial charge >= 0.3 is 0 Å². The number of hydrogen-bond acceptors (Lipinski definition) is 4. The van der Waals surface area contributed by atoms with Gasteiger partial charge in [0.05, 0.1) is 0 Å². The molecule has 5 nitrogen and oxygen atoms in total. The third-order valence-electron chi connectivity index (χ3n) is 2.85. The van der Waals surface area contributed by atoms with Crippen LogP contribution in [0.15, 0.2) is 42.5 Å². The van der Waals surface area contributed by atoms with Crippen molar-refractivity contribution in [3.63, 3.8) is 0 Å². The number of rotatable bonds is 5. The molecule has 0 saturated carbocycles. The topological polar surface area (TPSA) is 58.1 Å². The first-order chi connectivity index (χ1) is 9.66. The lowest BCUT2D eigenvalue weighted by Crippen LogP contribution is -2.23. The van der Waals surface area contributed by atoms with Gasteiger partial charge in [-0.1, -0.05) is 30.3 Å². The highest BCUT2D eigenvalue weighted by atomic mass is 16.2. The normalized spacial score (nSPS) is 10.1. The van der Waals surface area contributed by atoms with Crippen LogP contribution in [0.4, 0.5) is 5.82 Å². The molecule has 1 aromatic heterocycles. The quantitative estimate of drug-likeness (QED) is 0.900. The van der Waals surface area contributed by atoms with Gasteiger partial charge in [-0.25, -0.2) is 0 Å². The minimum atomic E-state index is -0.145. The molecule has 1 amide bonds. The Bertz CT molecular complexity index is 552. The zero-order valence-corrected chi connectivity index (χ0v) is 11.7. The monoisotopic (exact) mass is 270 g/mol. The van der Waals surface area contributed by atoms with E-state index >= 15 is 0 Å². The minimum absolute atomic E-state index is 0.145. The zero-order valence-electron chi connectivity index (χ0n) is 11.7. The van der Waals surface area contributed by atoms with Gasteiger partial charge in [0.1, 0.15) is 5.82 Å². The lowest BCUT2D eigenvalue weighted by atomic mass is 10.1. The van der Waals surface area contributed by atoms with Gasteiger partial charge in [0.2, 0.25) is 0 Å². The number of anilines is 1. The van der Waals surface area contributed by atoms with Crippen molar-refractivity contribution in [2.24, 2.45) is 0 Å². The van der Waals surface area contributed by atoms with Crippen LogP contribution >= 0.6 is 0 Å². The summed E-state index contributed by atoms with van der Waals surface area (Å²) in [6.45, 7) is 0.777. The lowest BCUT2D eigenvalue weighted by Gasteiger charge is -2.09. The Morgan fingerprint density at radius 3 is 2.45 bits per heavy atom. The van der Waals surface area contributed by atoms with E-state index in [1.54, 1.807) is 26.2 Å². The number of hydrogen-bond donors (Lipinski definition) is 1. The molecule has 2 rings (SSSR count). The molecule has 5 heteroatoms. The fraction of sp³-hybridized carbons (Fsp3) is 0.267. The smallest absolute Gasteiger partial charge is 0.273 e. The van der Waals surface area contributed by atoms with Crippen molar-refractivity contribution in [2.75, 3.05) is 26.0 Å². The zero-order chi connectivity index (χ0) is 14.4. The summed E-state index contributed by atoms with van der Waals surface area (Å²) in [6.07, 6.45) is 0.918. The molecule has 0 unspecified atom stereocenters. The van der Waals surface area contributed by atoms with Crippen molar-refractivity contribution in [3.05, 3.63) is 53.7 Å². The maximum Gasteiger partial charge on any atom is 0.273 e. The minimum Gasteiger partial charge on any atom is -0.368 e. The maximum absolute atomic E-state index is 11.7. The molecule has 0 saturated heterocycles. The molecule has 0 radical (unpaired) electrons. The van der Waals surface area contributed by atoms with E-state index in [9.17, 15) is 4.79 Å². The predicted octanol–water partition coefficient (Wildman–Crippen LogP) is 1.83. The van der Waals surface area contributed by atoms with Gasteiger partial charge in [-0.3, -0.25) is 4.79 Å². The summed E-state index contributed by atoms with van der Waals surface area (Å²) in [6, 6.07) is 13.7. The number of nitrogens with one attached hydrogen (secondary N) is 1. The van der Waals surface area contributed by atoms with Crippen molar-refractivity contribution < 1.29 is 4.79 Å². The third-order valence-corrected chi connectivity index (χ3v) is 2.85. The van der Waals surface area contributed by atoms with E-state index < -0.39 is 0 Å². The highest BCUT2D eigenvalue weighted by Gasteiger charge is 2.09. The molecule has 0 aliphatic rings. The molecule has 0 bridgehead atoms. The average Bonchev–Trinajstić information content (AvgIpc) is 2.48. The van der Waals surface area contributed by atoms with Crippen LogP contribution in [0.25, 0.3) is 0 Å². The van der Waals surface area contributed by atoms with E-state index in [1.165, 1.54) is 10.5 Å². The summed E-state index contributed by atoms with van der Waals surface area (Å²) in [5.74, 6) is 0.532. The van der Waals surface area contributed by atoms with E-state index in [2.05, 4.69) is 27.6 Å². The number of carbonyl (C=O) groups is 1. The maximum atomic E-state index is 11.7. The van der Waals surface area contributed by atoms with E-state index in [0.29, 0.717) is 11.5 Å². The van der Waals surface area contributed by atoms with Crippen LogP contribution in [0.5, 0.6) is 0 Å². The van der Waals surface area contributed by atoms with Gasteiger partial charge in [-0.05, 0) is 24.1 Å². The predicted molar refractivity (Wildman–Crippen MR) is 78.7 cm³/mol. The molecular weight excluding hydrogens is 252 g/mol. The van der Waals surface area contributed by atoms with Crippen LogP contribution in [-0.2, 0) is 6.42 Å². The lowest BCUT2D eigenvalue weighted by molar-refractivity contribution is 0.0821. The Morgan fingerprint density at radius 1 is 1.10 bits per heavy atom. The number of carbonyl (C=O) groups excluding carboxylic acids is 1. The Hall–Kier alpha value is -2.43. The summed E-state index contributed by atoms with van der Waals surface area (Å²) in [4.78, 5) is 13.1. The first-order valence-electron chi connectivity index (χ1n) is 6.50. The molecule has 2 aromatic rings. The van der Waals surface area contributed by atoms with Crippen molar-refractivity contribution in [2.45, 2.75) is 6.42 Å². The number of amides is 1. The molecule has 1 N–H and O–H groups in total. The van der Waals surface area contributed by atoms with Gasteiger partial charge in [-0.2, -0.15) is 0 Å². The van der Waals surface area contributed by atoms with Crippen molar-refractivity contribution in [3.8, 4) is 0 Å². The summed E-state index contributed by atoms with van der Waals surface area (Å²) >= 11 is 0.